The van der Waals surface area contributed by atoms with Gasteiger partial charge >= 0.3 is 0 Å². The highest BCUT2D eigenvalue weighted by atomic mass is 79.9. The molecular weight excluding hydrogens is 268 g/mol. The Morgan fingerprint density at radius 1 is 1.50 bits per heavy atom. The maximum Gasteiger partial charge on any atom is 0.237 e. The van der Waals surface area contributed by atoms with Gasteiger partial charge in [-0.25, -0.2) is 0 Å². The maximum atomic E-state index is 11.5. The van der Waals surface area contributed by atoms with E-state index in [2.05, 4.69) is 21.2 Å². The normalized spacial score (nSPS) is 13.6. The van der Waals surface area contributed by atoms with Crippen LogP contribution in [-0.4, -0.2) is 5.91 Å². The van der Waals surface area contributed by atoms with E-state index in [1.54, 1.807) is 6.92 Å². The van der Waals surface area contributed by atoms with Crippen LogP contribution >= 0.6 is 15.9 Å². The lowest BCUT2D eigenvalue weighted by Crippen LogP contribution is -2.30. The van der Waals surface area contributed by atoms with Gasteiger partial charge in [-0.3, -0.25) is 4.79 Å². The van der Waals surface area contributed by atoms with Gasteiger partial charge in [0.15, 0.2) is 0 Å². The second kappa shape index (κ2) is 5.66. The van der Waals surface area contributed by atoms with Crippen LogP contribution in [0.2, 0.25) is 0 Å². The summed E-state index contributed by atoms with van der Waals surface area (Å²) < 4.78 is 0.972. The first kappa shape index (κ1) is 12.7. The molecule has 0 aliphatic carbocycles. The quantitative estimate of drug-likeness (QED) is 0.926. The molecule has 3 nitrogen and oxygen atoms in total. The van der Waals surface area contributed by atoms with E-state index in [9.17, 15) is 4.79 Å². The molecule has 1 rings (SSSR count). The van der Waals surface area contributed by atoms with E-state index in [4.69, 9.17) is 5.26 Å². The fourth-order valence-corrected chi connectivity index (χ4v) is 1.67. The Morgan fingerprint density at radius 3 is 2.75 bits per heavy atom. The van der Waals surface area contributed by atoms with Crippen molar-refractivity contribution < 1.29 is 4.79 Å². The first-order valence-electron chi connectivity index (χ1n) is 5.00. The molecule has 84 valence electrons. The van der Waals surface area contributed by atoms with Crippen molar-refractivity contribution >= 4 is 21.8 Å². The van der Waals surface area contributed by atoms with Crippen molar-refractivity contribution in [1.82, 2.24) is 5.32 Å². The lowest BCUT2D eigenvalue weighted by atomic mass is 10.1. The summed E-state index contributed by atoms with van der Waals surface area (Å²) in [6.07, 6.45) is 0. The van der Waals surface area contributed by atoms with Gasteiger partial charge in [0.2, 0.25) is 5.91 Å². The molecule has 0 heterocycles. The van der Waals surface area contributed by atoms with Crippen LogP contribution in [0.5, 0.6) is 0 Å². The Bertz CT molecular complexity index is 425. The Hall–Kier alpha value is -1.34. The molecule has 0 radical (unpaired) electrons. The molecule has 16 heavy (non-hydrogen) atoms. The SMILES string of the molecule is CC(C#N)C(=O)NC(C)c1cccc(Br)c1. The number of carbonyl (C=O) groups excluding carboxylic acids is 1. The van der Waals surface area contributed by atoms with Crippen molar-refractivity contribution in [3.8, 4) is 6.07 Å². The molecule has 0 aromatic heterocycles. The second-order valence-corrected chi connectivity index (χ2v) is 4.55. The summed E-state index contributed by atoms with van der Waals surface area (Å²) in [5.41, 5.74) is 1.01. The zero-order valence-corrected chi connectivity index (χ0v) is 10.8. The third kappa shape index (κ3) is 3.35. The second-order valence-electron chi connectivity index (χ2n) is 3.64. The molecule has 0 aliphatic heterocycles. The molecule has 0 spiro atoms. The van der Waals surface area contributed by atoms with Gasteiger partial charge in [0.25, 0.3) is 0 Å². The summed E-state index contributed by atoms with van der Waals surface area (Å²) in [6.45, 7) is 3.48. The number of carbonyl (C=O) groups is 1. The van der Waals surface area contributed by atoms with Gasteiger partial charge in [-0.15, -0.1) is 0 Å². The number of benzene rings is 1. The smallest absolute Gasteiger partial charge is 0.237 e. The van der Waals surface area contributed by atoms with Gasteiger partial charge in [-0.2, -0.15) is 5.26 Å². The van der Waals surface area contributed by atoms with Crippen molar-refractivity contribution in [2.45, 2.75) is 19.9 Å². The summed E-state index contributed by atoms with van der Waals surface area (Å²) >= 11 is 3.37. The molecule has 1 N–H and O–H groups in total. The molecule has 0 bridgehead atoms. The van der Waals surface area contributed by atoms with Gasteiger partial charge in [-0.1, -0.05) is 28.1 Å². The molecule has 1 aromatic rings. The molecule has 0 aliphatic rings. The minimum Gasteiger partial charge on any atom is -0.348 e. The number of nitrogens with one attached hydrogen (secondary N) is 1. The molecule has 2 unspecified atom stereocenters. The zero-order chi connectivity index (χ0) is 12.1. The predicted octanol–water partition coefficient (Wildman–Crippen LogP) is 2.79. The number of nitrogens with zero attached hydrogens (tertiary/aromatic N) is 1. The minimum atomic E-state index is -0.616. The van der Waals surface area contributed by atoms with E-state index in [1.165, 1.54) is 0 Å². The number of hydrogen-bond acceptors (Lipinski definition) is 2. The van der Waals surface area contributed by atoms with Gasteiger partial charge in [0.1, 0.15) is 5.92 Å². The monoisotopic (exact) mass is 280 g/mol. The van der Waals surface area contributed by atoms with E-state index < -0.39 is 5.92 Å². The summed E-state index contributed by atoms with van der Waals surface area (Å²) in [5, 5.41) is 11.4. The first-order chi connectivity index (χ1) is 7.54. The van der Waals surface area contributed by atoms with E-state index in [0.717, 1.165) is 10.0 Å². The van der Waals surface area contributed by atoms with Gasteiger partial charge in [0.05, 0.1) is 12.1 Å². The molecule has 4 heteroatoms. The minimum absolute atomic E-state index is 0.0965. The first-order valence-corrected chi connectivity index (χ1v) is 5.79. The van der Waals surface area contributed by atoms with Crippen LogP contribution in [0.1, 0.15) is 25.5 Å². The highest BCUT2D eigenvalue weighted by Gasteiger charge is 2.15. The predicted molar refractivity (Wildman–Crippen MR) is 65.5 cm³/mol. The maximum absolute atomic E-state index is 11.5. The molecule has 0 fully saturated rings. The van der Waals surface area contributed by atoms with Crippen LogP contribution in [0.15, 0.2) is 28.7 Å². The van der Waals surface area contributed by atoms with Gasteiger partial charge in [-0.05, 0) is 31.5 Å². The third-order valence-corrected chi connectivity index (χ3v) is 2.79. The van der Waals surface area contributed by atoms with Crippen molar-refractivity contribution in [2.75, 3.05) is 0 Å². The van der Waals surface area contributed by atoms with E-state index in [-0.39, 0.29) is 11.9 Å². The van der Waals surface area contributed by atoms with Crippen LogP contribution in [0.3, 0.4) is 0 Å². The fraction of sp³-hybridized carbons (Fsp3) is 0.333. The summed E-state index contributed by atoms with van der Waals surface area (Å²) in [4.78, 5) is 11.5. The largest absolute Gasteiger partial charge is 0.348 e. The highest BCUT2D eigenvalue weighted by Crippen LogP contribution is 2.18. The van der Waals surface area contributed by atoms with Crippen molar-refractivity contribution in [1.29, 1.82) is 5.26 Å². The van der Waals surface area contributed by atoms with Crippen molar-refractivity contribution in [3.63, 3.8) is 0 Å². The van der Waals surface area contributed by atoms with Crippen LogP contribution in [0.25, 0.3) is 0 Å². The van der Waals surface area contributed by atoms with Crippen LogP contribution in [0, 0.1) is 17.2 Å². The molecule has 1 aromatic carbocycles. The Kier molecular flexibility index (Phi) is 4.51. The topological polar surface area (TPSA) is 52.9 Å². The highest BCUT2D eigenvalue weighted by molar-refractivity contribution is 9.10. The van der Waals surface area contributed by atoms with Gasteiger partial charge < -0.3 is 5.32 Å². The number of nitriles is 1. The van der Waals surface area contributed by atoms with E-state index in [0.29, 0.717) is 0 Å². The van der Waals surface area contributed by atoms with E-state index >= 15 is 0 Å². The van der Waals surface area contributed by atoms with Crippen LogP contribution in [0.4, 0.5) is 0 Å². The Morgan fingerprint density at radius 2 is 2.19 bits per heavy atom. The number of rotatable bonds is 3. The van der Waals surface area contributed by atoms with E-state index in [1.807, 2.05) is 37.3 Å². The molecular formula is C12H13BrN2O. The van der Waals surface area contributed by atoms with Crippen molar-refractivity contribution in [3.05, 3.63) is 34.3 Å². The standard InChI is InChI=1S/C12H13BrN2O/c1-8(7-14)12(16)15-9(2)10-4-3-5-11(13)6-10/h3-6,8-9H,1-2H3,(H,15,16). The van der Waals surface area contributed by atoms with Crippen LogP contribution in [-0.2, 0) is 4.79 Å². The van der Waals surface area contributed by atoms with Crippen molar-refractivity contribution in [2.24, 2.45) is 5.92 Å². The van der Waals surface area contributed by atoms with Gasteiger partial charge in [0, 0.05) is 4.47 Å². The number of amides is 1. The summed E-state index contributed by atoms with van der Waals surface area (Å²) in [6, 6.07) is 9.54. The summed E-state index contributed by atoms with van der Waals surface area (Å²) in [5.74, 6) is -0.857. The molecule has 0 saturated heterocycles. The molecule has 1 amide bonds. The Balaban J connectivity index is 2.70. The lowest BCUT2D eigenvalue weighted by Gasteiger charge is -2.15. The average Bonchev–Trinajstić information content (AvgIpc) is 2.27. The third-order valence-electron chi connectivity index (χ3n) is 2.29. The fourth-order valence-electron chi connectivity index (χ4n) is 1.26. The Labute approximate surface area is 104 Å². The molecule has 0 saturated carbocycles. The number of hydrogen-bond donors (Lipinski definition) is 1. The van der Waals surface area contributed by atoms with Crippen LogP contribution < -0.4 is 5.32 Å². The number of halogens is 1. The lowest BCUT2D eigenvalue weighted by molar-refractivity contribution is -0.123. The average molecular weight is 281 g/mol. The zero-order valence-electron chi connectivity index (χ0n) is 9.20. The molecule has 2 atom stereocenters. The summed E-state index contributed by atoms with van der Waals surface area (Å²) in [7, 11) is 0.